The third-order valence-corrected chi connectivity index (χ3v) is 4.35. The van der Waals surface area contributed by atoms with E-state index in [0.717, 1.165) is 12.8 Å². The SMILES string of the molecule is CC(=O)NC1CC(C)(C)N(C)C(C)(C)C1.CNC(C)=O.COC.COC(C)=O. The third kappa shape index (κ3) is 16.5. The molecule has 1 aliphatic rings. The second-order valence-corrected chi connectivity index (χ2v) is 7.90. The van der Waals surface area contributed by atoms with Gasteiger partial charge in [-0.2, -0.15) is 0 Å². The van der Waals surface area contributed by atoms with Gasteiger partial charge < -0.3 is 20.1 Å². The lowest BCUT2D eigenvalue weighted by molar-refractivity contribution is -0.138. The molecular weight excluding hydrogens is 362 g/mol. The van der Waals surface area contributed by atoms with E-state index in [4.69, 9.17) is 0 Å². The Morgan fingerprint density at radius 3 is 1.36 bits per heavy atom. The highest BCUT2D eigenvalue weighted by Gasteiger charge is 2.43. The van der Waals surface area contributed by atoms with E-state index in [1.165, 1.54) is 21.0 Å². The van der Waals surface area contributed by atoms with E-state index in [0.29, 0.717) is 6.04 Å². The van der Waals surface area contributed by atoms with Gasteiger partial charge >= 0.3 is 5.97 Å². The van der Waals surface area contributed by atoms with Gasteiger partial charge in [0.05, 0.1) is 7.11 Å². The first-order valence-corrected chi connectivity index (χ1v) is 9.25. The Labute approximate surface area is 171 Å². The number of hydrogen-bond acceptors (Lipinski definition) is 6. The number of ether oxygens (including phenoxy) is 2. The molecule has 8 heteroatoms. The van der Waals surface area contributed by atoms with Gasteiger partial charge in [0.1, 0.15) is 0 Å². The molecule has 0 atom stereocenters. The Morgan fingerprint density at radius 1 is 0.893 bits per heavy atom. The average Bonchev–Trinajstić information content (AvgIpc) is 2.53. The zero-order chi connectivity index (χ0) is 23.1. The van der Waals surface area contributed by atoms with E-state index in [2.05, 4.69) is 59.7 Å². The largest absolute Gasteiger partial charge is 0.469 e. The molecule has 0 bridgehead atoms. The number of nitrogens with zero attached hydrogens (tertiary/aromatic N) is 1. The number of rotatable bonds is 1. The minimum Gasteiger partial charge on any atom is -0.469 e. The summed E-state index contributed by atoms with van der Waals surface area (Å²) in [4.78, 5) is 32.8. The predicted molar refractivity (Wildman–Crippen MR) is 113 cm³/mol. The van der Waals surface area contributed by atoms with Crippen LogP contribution in [-0.2, 0) is 23.9 Å². The molecule has 0 aromatic carbocycles. The summed E-state index contributed by atoms with van der Waals surface area (Å²) >= 11 is 0. The van der Waals surface area contributed by atoms with Crippen molar-refractivity contribution in [1.82, 2.24) is 15.5 Å². The van der Waals surface area contributed by atoms with Crippen LogP contribution in [0, 0.1) is 0 Å². The van der Waals surface area contributed by atoms with Crippen LogP contribution in [0.1, 0.15) is 61.3 Å². The molecule has 0 saturated carbocycles. The molecule has 1 fully saturated rings. The molecule has 1 rings (SSSR count). The van der Waals surface area contributed by atoms with E-state index in [-0.39, 0.29) is 28.9 Å². The number of likely N-dealkylation sites (tertiary alicyclic amines) is 1. The van der Waals surface area contributed by atoms with E-state index in [9.17, 15) is 14.4 Å². The molecule has 2 amide bonds. The van der Waals surface area contributed by atoms with Gasteiger partial charge in [0.25, 0.3) is 0 Å². The number of amides is 2. The van der Waals surface area contributed by atoms with Crippen molar-refractivity contribution in [3.8, 4) is 0 Å². The molecule has 0 radical (unpaired) electrons. The maximum absolute atomic E-state index is 11.1. The second-order valence-electron chi connectivity index (χ2n) is 7.90. The molecule has 0 aromatic rings. The third-order valence-electron chi connectivity index (χ3n) is 4.35. The number of carbonyl (C=O) groups excluding carboxylic acids is 3. The first-order valence-electron chi connectivity index (χ1n) is 9.25. The monoisotopic (exact) mass is 405 g/mol. The fourth-order valence-corrected chi connectivity index (χ4v) is 2.76. The number of piperidine rings is 1. The lowest BCUT2D eigenvalue weighted by Crippen LogP contribution is -2.62. The smallest absolute Gasteiger partial charge is 0.302 e. The van der Waals surface area contributed by atoms with E-state index >= 15 is 0 Å². The molecule has 0 aliphatic carbocycles. The molecule has 0 unspecified atom stereocenters. The van der Waals surface area contributed by atoms with Gasteiger partial charge in [0, 0.05) is 59.2 Å². The maximum Gasteiger partial charge on any atom is 0.302 e. The van der Waals surface area contributed by atoms with Crippen LogP contribution < -0.4 is 10.6 Å². The van der Waals surface area contributed by atoms with Crippen LogP contribution >= 0.6 is 0 Å². The van der Waals surface area contributed by atoms with E-state index in [1.807, 2.05) is 0 Å². The standard InChI is InChI=1S/C12H24N2O.C3H7NO.C3H6O2.C2H6O/c1-9(15)13-10-7-11(2,3)14(6)12(4,5)8-10;1-3(5)4-2;1-3(4)5-2;1-3-2/h10H,7-8H2,1-6H3,(H,13,15);1-2H3,(H,4,5);1-2H3;1-2H3. The van der Waals surface area contributed by atoms with Crippen molar-refractivity contribution >= 4 is 17.8 Å². The molecule has 0 aromatic heterocycles. The number of nitrogens with one attached hydrogen (secondary N) is 2. The van der Waals surface area contributed by atoms with Crippen LogP contribution in [0.25, 0.3) is 0 Å². The van der Waals surface area contributed by atoms with Crippen LogP contribution in [0.5, 0.6) is 0 Å². The fourth-order valence-electron chi connectivity index (χ4n) is 2.76. The van der Waals surface area contributed by atoms with Crippen LogP contribution in [0.4, 0.5) is 0 Å². The molecule has 2 N–H and O–H groups in total. The Morgan fingerprint density at radius 2 is 1.18 bits per heavy atom. The molecule has 0 spiro atoms. The average molecular weight is 406 g/mol. The summed E-state index contributed by atoms with van der Waals surface area (Å²) in [5.41, 5.74) is 0.295. The van der Waals surface area contributed by atoms with Gasteiger partial charge in [-0.25, -0.2) is 0 Å². The second kappa shape index (κ2) is 15.3. The summed E-state index contributed by atoms with van der Waals surface area (Å²) in [6, 6.07) is 0.309. The van der Waals surface area contributed by atoms with Crippen molar-refractivity contribution in [1.29, 1.82) is 0 Å². The van der Waals surface area contributed by atoms with Gasteiger partial charge in [0.15, 0.2) is 0 Å². The van der Waals surface area contributed by atoms with Crippen molar-refractivity contribution in [3.05, 3.63) is 0 Å². The van der Waals surface area contributed by atoms with Crippen LogP contribution in [0.3, 0.4) is 0 Å². The zero-order valence-electron chi connectivity index (χ0n) is 20.0. The molecule has 168 valence electrons. The van der Waals surface area contributed by atoms with Crippen molar-refractivity contribution in [3.63, 3.8) is 0 Å². The van der Waals surface area contributed by atoms with Crippen LogP contribution in [0.15, 0.2) is 0 Å². The highest BCUT2D eigenvalue weighted by molar-refractivity contribution is 5.73. The molecular formula is C20H43N3O5. The summed E-state index contributed by atoms with van der Waals surface area (Å²) < 4.78 is 8.36. The Balaban J connectivity index is -0.000000395. The van der Waals surface area contributed by atoms with Gasteiger partial charge in [-0.05, 0) is 47.6 Å². The van der Waals surface area contributed by atoms with E-state index < -0.39 is 0 Å². The summed E-state index contributed by atoms with van der Waals surface area (Å²) in [5, 5.41) is 5.44. The van der Waals surface area contributed by atoms with Gasteiger partial charge in [-0.15, -0.1) is 0 Å². The quantitative estimate of drug-likeness (QED) is 0.648. The Hall–Kier alpha value is -1.67. The number of hydrogen-bond donors (Lipinski definition) is 2. The normalized spacial score (nSPS) is 17.1. The number of methoxy groups -OCH3 is 2. The van der Waals surface area contributed by atoms with Crippen LogP contribution in [-0.4, -0.2) is 75.2 Å². The summed E-state index contributed by atoms with van der Waals surface area (Å²) in [6.45, 7) is 13.4. The zero-order valence-corrected chi connectivity index (χ0v) is 20.0. The lowest BCUT2D eigenvalue weighted by Gasteiger charge is -2.53. The lowest BCUT2D eigenvalue weighted by atomic mass is 9.77. The first-order chi connectivity index (χ1) is 12.6. The molecule has 28 heavy (non-hydrogen) atoms. The number of esters is 1. The van der Waals surface area contributed by atoms with E-state index in [1.54, 1.807) is 28.2 Å². The predicted octanol–water partition coefficient (Wildman–Crippen LogP) is 1.97. The minimum absolute atomic E-state index is 0.00463. The Bertz CT molecular complexity index is 433. The fraction of sp³-hybridized carbons (Fsp3) is 0.850. The Kier molecular flexibility index (Phi) is 16.9. The van der Waals surface area contributed by atoms with Crippen LogP contribution in [0.2, 0.25) is 0 Å². The molecule has 1 aliphatic heterocycles. The van der Waals surface area contributed by atoms with Crippen molar-refractivity contribution in [2.45, 2.75) is 78.4 Å². The number of carbonyl (C=O) groups is 3. The highest BCUT2D eigenvalue weighted by atomic mass is 16.5. The van der Waals surface area contributed by atoms with Crippen molar-refractivity contribution in [2.24, 2.45) is 0 Å². The highest BCUT2D eigenvalue weighted by Crippen LogP contribution is 2.36. The summed E-state index contributed by atoms with van der Waals surface area (Å²) in [5.74, 6) is -0.161. The molecule has 1 saturated heterocycles. The molecule has 8 nitrogen and oxygen atoms in total. The summed E-state index contributed by atoms with van der Waals surface area (Å²) in [7, 11) is 8.37. The van der Waals surface area contributed by atoms with Gasteiger partial charge in [-0.3, -0.25) is 19.3 Å². The summed E-state index contributed by atoms with van der Waals surface area (Å²) in [6.07, 6.45) is 2.04. The van der Waals surface area contributed by atoms with Crippen molar-refractivity contribution < 1.29 is 23.9 Å². The maximum atomic E-state index is 11.1. The first kappa shape index (κ1) is 31.0. The molecule has 1 heterocycles. The van der Waals surface area contributed by atoms with Crippen molar-refractivity contribution in [2.75, 3.05) is 35.4 Å². The topological polar surface area (TPSA) is 97.0 Å². The van der Waals surface area contributed by atoms with Gasteiger partial charge in [-0.1, -0.05) is 0 Å². The minimum atomic E-state index is -0.245. The van der Waals surface area contributed by atoms with Gasteiger partial charge in [0.2, 0.25) is 11.8 Å².